The van der Waals surface area contributed by atoms with Crippen LogP contribution < -0.4 is 10.1 Å². The van der Waals surface area contributed by atoms with E-state index < -0.39 is 0 Å². The molecule has 1 N–H and O–H groups in total. The molecule has 114 valence electrons. The normalized spacial score (nSPS) is 11.0. The monoisotopic (exact) mass is 307 g/mol. The molecule has 5 heteroatoms. The van der Waals surface area contributed by atoms with Crippen LogP contribution in [0.5, 0.6) is 5.75 Å². The van der Waals surface area contributed by atoms with Gasteiger partial charge in [0.05, 0.1) is 17.5 Å². The highest BCUT2D eigenvalue weighted by molar-refractivity contribution is 6.32. The van der Waals surface area contributed by atoms with Crippen LogP contribution in [0.3, 0.4) is 0 Å². The zero-order chi connectivity index (χ0) is 15.1. The molecule has 0 unspecified atom stereocenters. The molecule has 1 aromatic heterocycles. The lowest BCUT2D eigenvalue weighted by Gasteiger charge is -2.12. The fourth-order valence-corrected chi connectivity index (χ4v) is 2.29. The number of nitrogens with zero attached hydrogens (tertiary/aromatic N) is 2. The molecule has 0 saturated carbocycles. The van der Waals surface area contributed by atoms with Crippen LogP contribution in [0, 0.1) is 0 Å². The van der Waals surface area contributed by atoms with Crippen molar-refractivity contribution in [3.63, 3.8) is 0 Å². The number of benzene rings is 1. The summed E-state index contributed by atoms with van der Waals surface area (Å²) in [5.41, 5.74) is 1.17. The maximum absolute atomic E-state index is 6.22. The van der Waals surface area contributed by atoms with E-state index in [1.54, 1.807) is 6.20 Å². The first-order valence-electron chi connectivity index (χ1n) is 7.26. The number of ether oxygens (including phenoxy) is 1. The van der Waals surface area contributed by atoms with Gasteiger partial charge in [-0.05, 0) is 44.5 Å². The van der Waals surface area contributed by atoms with Crippen molar-refractivity contribution in [3.8, 4) is 5.75 Å². The van der Waals surface area contributed by atoms with Gasteiger partial charge in [0.1, 0.15) is 5.75 Å². The molecular formula is C16H22ClN3O. The van der Waals surface area contributed by atoms with Crippen molar-refractivity contribution < 1.29 is 4.74 Å². The second kappa shape index (κ2) is 8.05. The Bertz CT molecular complexity index is 540. The Morgan fingerprint density at radius 2 is 2.24 bits per heavy atom. The van der Waals surface area contributed by atoms with Crippen molar-refractivity contribution >= 4 is 11.6 Å². The summed E-state index contributed by atoms with van der Waals surface area (Å²) in [7, 11) is 0. The minimum Gasteiger partial charge on any atom is -0.489 e. The molecule has 0 bridgehead atoms. The lowest BCUT2D eigenvalue weighted by Crippen LogP contribution is -2.16. The molecule has 1 heterocycles. The quantitative estimate of drug-likeness (QED) is 0.759. The fraction of sp³-hybridized carbons (Fsp3) is 0.438. The molecular weight excluding hydrogens is 286 g/mol. The van der Waals surface area contributed by atoms with Crippen LogP contribution in [0.15, 0.2) is 36.9 Å². The van der Waals surface area contributed by atoms with Crippen LogP contribution in [-0.4, -0.2) is 22.2 Å². The van der Waals surface area contributed by atoms with Crippen LogP contribution in [0.4, 0.5) is 0 Å². The van der Waals surface area contributed by atoms with Gasteiger partial charge in [0.25, 0.3) is 0 Å². The van der Waals surface area contributed by atoms with Crippen LogP contribution in [-0.2, 0) is 13.1 Å². The third kappa shape index (κ3) is 5.40. The van der Waals surface area contributed by atoms with E-state index in [1.165, 1.54) is 5.56 Å². The summed E-state index contributed by atoms with van der Waals surface area (Å²) < 4.78 is 7.70. The van der Waals surface area contributed by atoms with E-state index in [2.05, 4.69) is 14.9 Å². The lowest BCUT2D eigenvalue weighted by atomic mass is 10.2. The summed E-state index contributed by atoms with van der Waals surface area (Å²) in [6.45, 7) is 6.73. The number of aryl methyl sites for hydroxylation is 1. The molecule has 1 aromatic carbocycles. The van der Waals surface area contributed by atoms with E-state index in [1.807, 2.05) is 44.6 Å². The first-order valence-corrected chi connectivity index (χ1v) is 7.64. The van der Waals surface area contributed by atoms with Crippen molar-refractivity contribution in [2.45, 2.75) is 39.5 Å². The molecule has 0 aliphatic carbocycles. The van der Waals surface area contributed by atoms with Crippen LogP contribution in [0.2, 0.25) is 5.02 Å². The van der Waals surface area contributed by atoms with Crippen molar-refractivity contribution in [1.29, 1.82) is 0 Å². The van der Waals surface area contributed by atoms with E-state index in [0.717, 1.165) is 31.8 Å². The highest BCUT2D eigenvalue weighted by Crippen LogP contribution is 2.26. The van der Waals surface area contributed by atoms with Gasteiger partial charge in [-0.25, -0.2) is 4.98 Å². The summed E-state index contributed by atoms with van der Waals surface area (Å²) in [6.07, 6.45) is 6.82. The third-order valence-electron chi connectivity index (χ3n) is 3.02. The molecule has 0 radical (unpaired) electrons. The smallest absolute Gasteiger partial charge is 0.138 e. The van der Waals surface area contributed by atoms with Gasteiger partial charge in [-0.1, -0.05) is 17.7 Å². The summed E-state index contributed by atoms with van der Waals surface area (Å²) in [4.78, 5) is 4.02. The molecule has 0 saturated heterocycles. The minimum atomic E-state index is 0.134. The number of aromatic nitrogens is 2. The molecule has 2 aromatic rings. The Kier molecular flexibility index (Phi) is 6.08. The highest BCUT2D eigenvalue weighted by atomic mass is 35.5. The number of hydrogen-bond acceptors (Lipinski definition) is 3. The Labute approximate surface area is 131 Å². The molecule has 0 fully saturated rings. The molecule has 0 aliphatic heterocycles. The average molecular weight is 308 g/mol. The van der Waals surface area contributed by atoms with Gasteiger partial charge in [-0.2, -0.15) is 0 Å². The first-order chi connectivity index (χ1) is 10.1. The largest absolute Gasteiger partial charge is 0.489 e. The molecule has 21 heavy (non-hydrogen) atoms. The zero-order valence-electron chi connectivity index (χ0n) is 12.6. The van der Waals surface area contributed by atoms with E-state index in [-0.39, 0.29) is 6.10 Å². The Morgan fingerprint density at radius 3 is 2.90 bits per heavy atom. The second-order valence-electron chi connectivity index (χ2n) is 5.26. The second-order valence-corrected chi connectivity index (χ2v) is 5.67. The van der Waals surface area contributed by atoms with Crippen molar-refractivity contribution in [1.82, 2.24) is 14.9 Å². The third-order valence-corrected chi connectivity index (χ3v) is 3.31. The van der Waals surface area contributed by atoms with Crippen molar-refractivity contribution in [2.75, 3.05) is 6.54 Å². The Morgan fingerprint density at radius 1 is 1.38 bits per heavy atom. The van der Waals surface area contributed by atoms with Crippen molar-refractivity contribution in [3.05, 3.63) is 47.5 Å². The van der Waals surface area contributed by atoms with Crippen LogP contribution in [0.1, 0.15) is 25.8 Å². The van der Waals surface area contributed by atoms with Gasteiger partial charge in [0.15, 0.2) is 0 Å². The molecule has 0 spiro atoms. The number of hydrogen-bond donors (Lipinski definition) is 1. The summed E-state index contributed by atoms with van der Waals surface area (Å²) in [5.74, 6) is 0.746. The van der Waals surface area contributed by atoms with Gasteiger partial charge >= 0.3 is 0 Å². The molecule has 0 aliphatic rings. The average Bonchev–Trinajstić information content (AvgIpc) is 2.94. The maximum Gasteiger partial charge on any atom is 0.138 e. The van der Waals surface area contributed by atoms with Gasteiger partial charge in [-0.15, -0.1) is 0 Å². The fourth-order valence-electron chi connectivity index (χ4n) is 2.04. The Hall–Kier alpha value is -1.52. The first kappa shape index (κ1) is 15.9. The van der Waals surface area contributed by atoms with E-state index in [0.29, 0.717) is 5.02 Å². The van der Waals surface area contributed by atoms with Gasteiger partial charge < -0.3 is 14.6 Å². The highest BCUT2D eigenvalue weighted by Gasteiger charge is 2.04. The number of nitrogens with one attached hydrogen (secondary N) is 1. The zero-order valence-corrected chi connectivity index (χ0v) is 13.3. The van der Waals surface area contributed by atoms with Gasteiger partial charge in [0.2, 0.25) is 0 Å². The maximum atomic E-state index is 6.22. The summed E-state index contributed by atoms with van der Waals surface area (Å²) >= 11 is 6.22. The molecule has 2 rings (SSSR count). The summed E-state index contributed by atoms with van der Waals surface area (Å²) in [5, 5.41) is 4.09. The standard InChI is InChI=1S/C16H22ClN3O/c1-13(2)21-16-5-4-14(10-15(16)17)11-18-6-3-8-20-9-7-19-12-20/h4-5,7,9-10,12-13,18H,3,6,8,11H2,1-2H3. The molecule has 0 atom stereocenters. The van der Waals surface area contributed by atoms with Crippen LogP contribution in [0.25, 0.3) is 0 Å². The number of rotatable bonds is 8. The molecule has 0 amide bonds. The SMILES string of the molecule is CC(C)Oc1ccc(CNCCCn2ccnc2)cc1Cl. The number of halogens is 1. The predicted octanol–water partition coefficient (Wildman–Crippen LogP) is 3.50. The van der Waals surface area contributed by atoms with E-state index >= 15 is 0 Å². The number of imidazole rings is 1. The van der Waals surface area contributed by atoms with Crippen LogP contribution >= 0.6 is 11.6 Å². The van der Waals surface area contributed by atoms with Gasteiger partial charge in [-0.3, -0.25) is 0 Å². The van der Waals surface area contributed by atoms with E-state index in [9.17, 15) is 0 Å². The summed E-state index contributed by atoms with van der Waals surface area (Å²) in [6, 6.07) is 5.94. The Balaban J connectivity index is 1.72. The van der Waals surface area contributed by atoms with Gasteiger partial charge in [0, 0.05) is 25.5 Å². The topological polar surface area (TPSA) is 39.1 Å². The van der Waals surface area contributed by atoms with Crippen molar-refractivity contribution in [2.24, 2.45) is 0 Å². The minimum absolute atomic E-state index is 0.134. The predicted molar refractivity (Wildman–Crippen MR) is 85.8 cm³/mol. The van der Waals surface area contributed by atoms with E-state index in [4.69, 9.17) is 16.3 Å². The molecule has 4 nitrogen and oxygen atoms in total. The lowest BCUT2D eigenvalue weighted by molar-refractivity contribution is 0.242.